The summed E-state index contributed by atoms with van der Waals surface area (Å²) in [6.45, 7) is 2.18. The van der Waals surface area contributed by atoms with Gasteiger partial charge in [0.1, 0.15) is 0 Å². The highest BCUT2D eigenvalue weighted by atomic mass is 35.5. The lowest BCUT2D eigenvalue weighted by Crippen LogP contribution is -2.12. The van der Waals surface area contributed by atoms with Crippen LogP contribution in [0.1, 0.15) is 38.6 Å². The third-order valence-electron chi connectivity index (χ3n) is 3.87. The van der Waals surface area contributed by atoms with E-state index in [1.165, 1.54) is 12.8 Å². The van der Waals surface area contributed by atoms with Crippen LogP contribution in [0.25, 0.3) is 11.4 Å². The molecule has 1 unspecified atom stereocenters. The standard InChI is InChI=1S/C14H18ClN5/c1-2-11(7-9-3-4-9)20-14(17-18-19-20)10-5-6-12(15)13(16)8-10/h5-6,8-9,11H,2-4,7,16H2,1H3. The largest absolute Gasteiger partial charge is 0.398 e. The van der Waals surface area contributed by atoms with Crippen molar-refractivity contribution in [1.82, 2.24) is 20.2 Å². The van der Waals surface area contributed by atoms with Gasteiger partial charge in [-0.2, -0.15) is 0 Å². The van der Waals surface area contributed by atoms with Crippen LogP contribution in [-0.2, 0) is 0 Å². The Labute approximate surface area is 123 Å². The molecule has 1 saturated carbocycles. The second-order valence-corrected chi connectivity index (χ2v) is 5.83. The van der Waals surface area contributed by atoms with Gasteiger partial charge >= 0.3 is 0 Å². The van der Waals surface area contributed by atoms with Crippen molar-refractivity contribution in [3.05, 3.63) is 23.2 Å². The number of hydrogen-bond acceptors (Lipinski definition) is 4. The van der Waals surface area contributed by atoms with Crippen LogP contribution >= 0.6 is 11.6 Å². The SMILES string of the molecule is CCC(CC1CC1)n1nnnc1-c1ccc(Cl)c(N)c1. The smallest absolute Gasteiger partial charge is 0.182 e. The summed E-state index contributed by atoms with van der Waals surface area (Å²) in [6, 6.07) is 5.87. The molecule has 1 atom stereocenters. The molecule has 1 aliphatic carbocycles. The van der Waals surface area contributed by atoms with E-state index in [1.54, 1.807) is 6.07 Å². The topological polar surface area (TPSA) is 69.6 Å². The van der Waals surface area contributed by atoms with Crippen molar-refractivity contribution in [2.75, 3.05) is 5.73 Å². The van der Waals surface area contributed by atoms with E-state index in [1.807, 2.05) is 16.8 Å². The zero-order valence-corrected chi connectivity index (χ0v) is 12.2. The fourth-order valence-electron chi connectivity index (χ4n) is 2.49. The van der Waals surface area contributed by atoms with Crippen LogP contribution in [0.3, 0.4) is 0 Å². The summed E-state index contributed by atoms with van der Waals surface area (Å²) in [5.74, 6) is 1.60. The zero-order chi connectivity index (χ0) is 14.1. The van der Waals surface area contributed by atoms with Crippen molar-refractivity contribution in [2.24, 2.45) is 5.92 Å². The van der Waals surface area contributed by atoms with E-state index < -0.39 is 0 Å². The van der Waals surface area contributed by atoms with Crippen LogP contribution in [0.2, 0.25) is 5.02 Å². The number of aromatic nitrogens is 4. The molecule has 3 rings (SSSR count). The molecule has 6 heteroatoms. The second kappa shape index (κ2) is 5.40. The van der Waals surface area contributed by atoms with Gasteiger partial charge in [0.25, 0.3) is 0 Å². The molecule has 1 aliphatic rings. The summed E-state index contributed by atoms with van der Waals surface area (Å²) < 4.78 is 1.93. The maximum absolute atomic E-state index is 5.97. The van der Waals surface area contributed by atoms with Gasteiger partial charge in [0, 0.05) is 5.56 Å². The highest BCUT2D eigenvalue weighted by molar-refractivity contribution is 6.33. The van der Waals surface area contributed by atoms with Crippen molar-refractivity contribution in [2.45, 2.75) is 38.6 Å². The van der Waals surface area contributed by atoms with E-state index in [9.17, 15) is 0 Å². The minimum absolute atomic E-state index is 0.351. The number of tetrazole rings is 1. The molecule has 0 saturated heterocycles. The van der Waals surface area contributed by atoms with Gasteiger partial charge in [-0.15, -0.1) is 5.10 Å². The lowest BCUT2D eigenvalue weighted by atomic mass is 10.1. The lowest BCUT2D eigenvalue weighted by Gasteiger charge is -2.16. The Hall–Kier alpha value is -1.62. The Morgan fingerprint density at radius 1 is 1.45 bits per heavy atom. The highest BCUT2D eigenvalue weighted by Crippen LogP contribution is 2.38. The predicted molar refractivity (Wildman–Crippen MR) is 79.3 cm³/mol. The van der Waals surface area contributed by atoms with Gasteiger partial charge in [-0.25, -0.2) is 4.68 Å². The highest BCUT2D eigenvalue weighted by Gasteiger charge is 2.27. The van der Waals surface area contributed by atoms with Crippen molar-refractivity contribution < 1.29 is 0 Å². The van der Waals surface area contributed by atoms with Gasteiger partial charge in [-0.05, 0) is 47.4 Å². The number of nitrogens with two attached hydrogens (primary N) is 1. The van der Waals surface area contributed by atoms with Gasteiger partial charge in [-0.1, -0.05) is 31.4 Å². The molecule has 0 aliphatic heterocycles. The van der Waals surface area contributed by atoms with Crippen LogP contribution in [0.4, 0.5) is 5.69 Å². The van der Waals surface area contributed by atoms with Gasteiger partial charge in [0.2, 0.25) is 0 Å². The van der Waals surface area contributed by atoms with Crippen LogP contribution in [0.5, 0.6) is 0 Å². The average Bonchev–Trinajstić information content (AvgIpc) is 3.14. The van der Waals surface area contributed by atoms with E-state index in [2.05, 4.69) is 22.4 Å². The molecule has 1 fully saturated rings. The van der Waals surface area contributed by atoms with E-state index in [4.69, 9.17) is 17.3 Å². The molecular formula is C14H18ClN5. The molecule has 0 radical (unpaired) electrons. The minimum atomic E-state index is 0.351. The van der Waals surface area contributed by atoms with Gasteiger partial charge < -0.3 is 5.73 Å². The number of nitrogen functional groups attached to an aromatic ring is 1. The first-order valence-electron chi connectivity index (χ1n) is 7.02. The van der Waals surface area contributed by atoms with Gasteiger partial charge in [-0.3, -0.25) is 0 Å². The Bertz CT molecular complexity index is 605. The zero-order valence-electron chi connectivity index (χ0n) is 11.5. The third-order valence-corrected chi connectivity index (χ3v) is 4.21. The Balaban J connectivity index is 1.93. The summed E-state index contributed by atoms with van der Waals surface area (Å²) in [7, 11) is 0. The molecule has 5 nitrogen and oxygen atoms in total. The fourth-order valence-corrected chi connectivity index (χ4v) is 2.61. The van der Waals surface area contributed by atoms with Crippen molar-refractivity contribution in [1.29, 1.82) is 0 Å². The maximum atomic E-state index is 5.97. The van der Waals surface area contributed by atoms with Crippen molar-refractivity contribution >= 4 is 17.3 Å². The molecule has 0 spiro atoms. The van der Waals surface area contributed by atoms with E-state index in [-0.39, 0.29) is 0 Å². The molecule has 106 valence electrons. The maximum Gasteiger partial charge on any atom is 0.182 e. The quantitative estimate of drug-likeness (QED) is 0.858. The number of halogens is 1. The Morgan fingerprint density at radius 2 is 2.25 bits per heavy atom. The summed E-state index contributed by atoms with van der Waals surface area (Å²) >= 11 is 5.97. The van der Waals surface area contributed by atoms with Gasteiger partial charge in [0.05, 0.1) is 16.8 Å². The monoisotopic (exact) mass is 291 g/mol. The number of nitrogens with zero attached hydrogens (tertiary/aromatic N) is 4. The number of hydrogen-bond donors (Lipinski definition) is 1. The van der Waals surface area contributed by atoms with Crippen molar-refractivity contribution in [3.63, 3.8) is 0 Å². The summed E-state index contributed by atoms with van der Waals surface area (Å²) in [5, 5.41) is 12.7. The molecule has 2 aromatic rings. The Kier molecular flexibility index (Phi) is 3.61. The molecule has 0 amide bonds. The first-order valence-corrected chi connectivity index (χ1v) is 7.40. The van der Waals surface area contributed by atoms with Crippen LogP contribution in [0, 0.1) is 5.92 Å². The van der Waals surface area contributed by atoms with Gasteiger partial charge in [0.15, 0.2) is 5.82 Å². The first-order chi connectivity index (χ1) is 9.69. The summed E-state index contributed by atoms with van der Waals surface area (Å²) in [5.41, 5.74) is 7.32. The predicted octanol–water partition coefficient (Wildman–Crippen LogP) is 3.33. The van der Waals surface area contributed by atoms with E-state index in [0.717, 1.165) is 30.1 Å². The second-order valence-electron chi connectivity index (χ2n) is 5.42. The van der Waals surface area contributed by atoms with E-state index in [0.29, 0.717) is 16.8 Å². The lowest BCUT2D eigenvalue weighted by molar-refractivity contribution is 0.388. The third kappa shape index (κ3) is 2.63. The molecule has 1 heterocycles. The van der Waals surface area contributed by atoms with Crippen molar-refractivity contribution in [3.8, 4) is 11.4 Å². The van der Waals surface area contributed by atoms with E-state index >= 15 is 0 Å². The molecular weight excluding hydrogens is 274 g/mol. The molecule has 1 aromatic carbocycles. The molecule has 2 N–H and O–H groups in total. The minimum Gasteiger partial charge on any atom is -0.398 e. The average molecular weight is 292 g/mol. The summed E-state index contributed by atoms with van der Waals surface area (Å²) in [4.78, 5) is 0. The number of rotatable bonds is 5. The fraction of sp³-hybridized carbons (Fsp3) is 0.500. The van der Waals surface area contributed by atoms with Crippen LogP contribution < -0.4 is 5.73 Å². The Morgan fingerprint density at radius 3 is 2.90 bits per heavy atom. The number of benzene rings is 1. The summed E-state index contributed by atoms with van der Waals surface area (Å²) in [6.07, 6.45) is 4.85. The van der Waals surface area contributed by atoms with Crippen LogP contribution in [0.15, 0.2) is 18.2 Å². The van der Waals surface area contributed by atoms with Crippen LogP contribution in [-0.4, -0.2) is 20.2 Å². The molecule has 1 aromatic heterocycles. The normalized spacial score (nSPS) is 16.3. The molecule has 0 bridgehead atoms. The molecule has 20 heavy (non-hydrogen) atoms. The first kappa shape index (κ1) is 13.4. The number of anilines is 1.